The second kappa shape index (κ2) is 9.25. The molecule has 0 saturated carbocycles. The second-order valence-corrected chi connectivity index (χ2v) is 6.40. The van der Waals surface area contributed by atoms with Gasteiger partial charge in [0.2, 0.25) is 5.91 Å². The Morgan fingerprint density at radius 2 is 1.81 bits per heavy atom. The van der Waals surface area contributed by atoms with Crippen molar-refractivity contribution in [3.63, 3.8) is 0 Å². The van der Waals surface area contributed by atoms with Gasteiger partial charge in [-0.25, -0.2) is 0 Å². The molecule has 2 aromatic carbocycles. The summed E-state index contributed by atoms with van der Waals surface area (Å²) in [6.07, 6.45) is 0.105. The number of carbonyl (C=O) groups is 2. The van der Waals surface area contributed by atoms with Crippen LogP contribution < -0.4 is 10.1 Å². The highest BCUT2D eigenvalue weighted by molar-refractivity contribution is 6.30. The minimum Gasteiger partial charge on any atom is -0.481 e. The topological polar surface area (TPSA) is 58.6 Å². The molecule has 26 heavy (non-hydrogen) atoms. The highest BCUT2D eigenvalue weighted by Crippen LogP contribution is 2.18. The smallest absolute Gasteiger partial charge is 0.263 e. The Balaban J connectivity index is 1.90. The van der Waals surface area contributed by atoms with Gasteiger partial charge in [0.05, 0.1) is 6.54 Å². The van der Waals surface area contributed by atoms with Crippen molar-refractivity contribution in [3.05, 3.63) is 59.1 Å². The molecule has 5 nitrogen and oxygen atoms in total. The number of carbonyl (C=O) groups excluding carboxylic acids is 2. The van der Waals surface area contributed by atoms with Crippen LogP contribution in [-0.4, -0.2) is 36.4 Å². The lowest BCUT2D eigenvalue weighted by Crippen LogP contribution is -2.42. The van der Waals surface area contributed by atoms with Crippen molar-refractivity contribution in [2.24, 2.45) is 0 Å². The monoisotopic (exact) mass is 374 g/mol. The van der Waals surface area contributed by atoms with E-state index in [0.717, 1.165) is 17.7 Å². The zero-order valence-corrected chi connectivity index (χ0v) is 15.9. The van der Waals surface area contributed by atoms with Crippen LogP contribution in [0.2, 0.25) is 5.02 Å². The number of rotatable bonds is 7. The van der Waals surface area contributed by atoms with E-state index in [4.69, 9.17) is 16.3 Å². The summed E-state index contributed by atoms with van der Waals surface area (Å²) in [4.78, 5) is 26.0. The van der Waals surface area contributed by atoms with Crippen molar-refractivity contribution < 1.29 is 14.3 Å². The molecule has 0 aliphatic heterocycles. The first-order valence-electron chi connectivity index (χ1n) is 8.45. The van der Waals surface area contributed by atoms with Crippen LogP contribution in [0.25, 0.3) is 0 Å². The third kappa shape index (κ3) is 5.49. The van der Waals surface area contributed by atoms with Gasteiger partial charge in [0.15, 0.2) is 6.10 Å². The Morgan fingerprint density at radius 1 is 1.15 bits per heavy atom. The number of hydrogen-bond donors (Lipinski definition) is 1. The molecule has 138 valence electrons. The van der Waals surface area contributed by atoms with Crippen LogP contribution in [0.5, 0.6) is 5.75 Å². The lowest BCUT2D eigenvalue weighted by atomic mass is 10.1. The quantitative estimate of drug-likeness (QED) is 0.802. The number of amides is 2. The van der Waals surface area contributed by atoms with Gasteiger partial charge in [-0.05, 0) is 49.2 Å². The summed E-state index contributed by atoms with van der Waals surface area (Å²) in [5.41, 5.74) is 1.82. The van der Waals surface area contributed by atoms with Gasteiger partial charge >= 0.3 is 0 Å². The van der Waals surface area contributed by atoms with E-state index in [1.165, 1.54) is 4.90 Å². The third-order valence-corrected chi connectivity index (χ3v) is 4.16. The van der Waals surface area contributed by atoms with Crippen LogP contribution in [0.4, 0.5) is 5.69 Å². The molecule has 0 radical (unpaired) electrons. The summed E-state index contributed by atoms with van der Waals surface area (Å²) in [7, 11) is 1.58. The maximum Gasteiger partial charge on any atom is 0.263 e. The summed E-state index contributed by atoms with van der Waals surface area (Å²) in [6, 6.07) is 14.4. The van der Waals surface area contributed by atoms with Gasteiger partial charge in [-0.2, -0.15) is 0 Å². The largest absolute Gasteiger partial charge is 0.481 e. The number of ether oxygens (including phenoxy) is 1. The summed E-state index contributed by atoms with van der Waals surface area (Å²) >= 11 is 5.83. The van der Waals surface area contributed by atoms with Crippen LogP contribution in [0.15, 0.2) is 48.5 Å². The summed E-state index contributed by atoms with van der Waals surface area (Å²) < 4.78 is 5.61. The molecule has 1 N–H and O–H groups in total. The first-order valence-corrected chi connectivity index (χ1v) is 8.83. The van der Waals surface area contributed by atoms with E-state index in [1.54, 1.807) is 38.2 Å². The molecule has 0 saturated heterocycles. The Bertz CT molecular complexity index is 762. The van der Waals surface area contributed by atoms with Crippen molar-refractivity contribution in [1.29, 1.82) is 0 Å². The summed E-state index contributed by atoms with van der Waals surface area (Å²) in [6.45, 7) is 3.62. The predicted molar refractivity (Wildman–Crippen MR) is 104 cm³/mol. The number of nitrogens with one attached hydrogen (secondary N) is 1. The Morgan fingerprint density at radius 3 is 2.46 bits per heavy atom. The minimum absolute atomic E-state index is 0.0504. The van der Waals surface area contributed by atoms with Gasteiger partial charge in [-0.3, -0.25) is 9.59 Å². The van der Waals surface area contributed by atoms with E-state index in [2.05, 4.69) is 5.32 Å². The fourth-order valence-corrected chi connectivity index (χ4v) is 2.64. The molecule has 2 amide bonds. The van der Waals surface area contributed by atoms with E-state index in [0.29, 0.717) is 10.8 Å². The van der Waals surface area contributed by atoms with Gasteiger partial charge in [0.1, 0.15) is 5.75 Å². The Hall–Kier alpha value is -2.53. The highest BCUT2D eigenvalue weighted by atomic mass is 35.5. The van der Waals surface area contributed by atoms with Gasteiger partial charge in [-0.1, -0.05) is 36.7 Å². The van der Waals surface area contributed by atoms with Crippen LogP contribution in [0.3, 0.4) is 0 Å². The molecule has 0 bridgehead atoms. The average Bonchev–Trinajstić information content (AvgIpc) is 2.63. The molecule has 2 rings (SSSR count). The lowest BCUT2D eigenvalue weighted by Gasteiger charge is -2.22. The van der Waals surface area contributed by atoms with E-state index in [-0.39, 0.29) is 18.4 Å². The molecule has 0 aromatic heterocycles. The molecule has 2 aromatic rings. The normalized spacial score (nSPS) is 11.5. The lowest BCUT2D eigenvalue weighted by molar-refractivity contribution is -0.139. The van der Waals surface area contributed by atoms with Crippen molar-refractivity contribution in [2.45, 2.75) is 26.4 Å². The van der Waals surface area contributed by atoms with Crippen molar-refractivity contribution in [2.75, 3.05) is 18.9 Å². The number of benzene rings is 2. The number of para-hydroxylation sites is 1. The average molecular weight is 375 g/mol. The maximum atomic E-state index is 12.4. The first kappa shape index (κ1) is 19.8. The molecule has 0 fully saturated rings. The van der Waals surface area contributed by atoms with E-state index >= 15 is 0 Å². The predicted octanol–water partition coefficient (Wildman–Crippen LogP) is 3.77. The van der Waals surface area contributed by atoms with Crippen LogP contribution in [0.1, 0.15) is 19.4 Å². The zero-order valence-electron chi connectivity index (χ0n) is 15.2. The van der Waals surface area contributed by atoms with Gasteiger partial charge in [0, 0.05) is 17.8 Å². The first-order chi connectivity index (χ1) is 12.4. The number of anilines is 1. The fraction of sp³-hybridized carbons (Fsp3) is 0.300. The van der Waals surface area contributed by atoms with Crippen molar-refractivity contribution >= 4 is 29.1 Å². The molecule has 0 heterocycles. The van der Waals surface area contributed by atoms with Gasteiger partial charge in [-0.15, -0.1) is 0 Å². The molecule has 6 heteroatoms. The van der Waals surface area contributed by atoms with E-state index < -0.39 is 6.10 Å². The molecular weight excluding hydrogens is 352 g/mol. The molecule has 1 unspecified atom stereocenters. The standard InChI is InChI=1S/C20H23ClN2O3/c1-4-15-7-5-6-8-18(15)22-19(24)13-23(3)20(25)14(2)26-17-11-9-16(21)10-12-17/h5-12,14H,4,13H2,1-3H3,(H,22,24). The fourth-order valence-electron chi connectivity index (χ4n) is 2.51. The summed E-state index contributed by atoms with van der Waals surface area (Å²) in [5.74, 6) is 0.0179. The Labute approximate surface area is 158 Å². The van der Waals surface area contributed by atoms with Crippen molar-refractivity contribution in [3.8, 4) is 5.75 Å². The number of nitrogens with zero attached hydrogens (tertiary/aromatic N) is 1. The van der Waals surface area contributed by atoms with Crippen molar-refractivity contribution in [1.82, 2.24) is 4.90 Å². The number of aryl methyl sites for hydroxylation is 1. The van der Waals surface area contributed by atoms with Crippen LogP contribution >= 0.6 is 11.6 Å². The minimum atomic E-state index is -0.711. The number of halogens is 1. The molecule has 0 aliphatic rings. The van der Waals surface area contributed by atoms with Gasteiger partial charge in [0.25, 0.3) is 5.91 Å². The second-order valence-electron chi connectivity index (χ2n) is 5.97. The highest BCUT2D eigenvalue weighted by Gasteiger charge is 2.21. The Kier molecular flexibility index (Phi) is 7.04. The van der Waals surface area contributed by atoms with E-state index in [1.807, 2.05) is 31.2 Å². The van der Waals surface area contributed by atoms with Gasteiger partial charge < -0.3 is 15.0 Å². The summed E-state index contributed by atoms with van der Waals surface area (Å²) in [5, 5.41) is 3.45. The van der Waals surface area contributed by atoms with Crippen LogP contribution in [0, 0.1) is 0 Å². The zero-order chi connectivity index (χ0) is 19.1. The third-order valence-electron chi connectivity index (χ3n) is 3.90. The SMILES string of the molecule is CCc1ccccc1NC(=O)CN(C)C(=O)C(C)Oc1ccc(Cl)cc1. The number of hydrogen-bond acceptors (Lipinski definition) is 3. The molecule has 0 spiro atoms. The number of likely N-dealkylation sites (N-methyl/N-ethyl adjacent to an activating group) is 1. The van der Waals surface area contributed by atoms with E-state index in [9.17, 15) is 9.59 Å². The van der Waals surface area contributed by atoms with Crippen LogP contribution in [-0.2, 0) is 16.0 Å². The maximum absolute atomic E-state index is 12.4. The molecule has 1 atom stereocenters. The molecular formula is C20H23ClN2O3. The molecule has 0 aliphatic carbocycles.